The van der Waals surface area contributed by atoms with Gasteiger partial charge in [-0.15, -0.1) is 11.3 Å². The fourth-order valence-corrected chi connectivity index (χ4v) is 5.76. The SMILES string of the molecule is CCOC(=O)c1sc2c(c1C)c(=O)n(CC(=O)N1CCCC1)c(=O)n2CCc1cc(F)ccc1OC.N#CCCO. The van der Waals surface area contributed by atoms with Crippen molar-refractivity contribution in [1.82, 2.24) is 14.0 Å². The Labute approximate surface area is 239 Å². The van der Waals surface area contributed by atoms with Gasteiger partial charge in [-0.2, -0.15) is 5.26 Å². The summed E-state index contributed by atoms with van der Waals surface area (Å²) in [6.45, 7) is 4.32. The molecule has 3 aromatic rings. The van der Waals surface area contributed by atoms with Gasteiger partial charge in [0.25, 0.3) is 5.56 Å². The van der Waals surface area contributed by atoms with E-state index < -0.39 is 23.0 Å². The van der Waals surface area contributed by atoms with E-state index in [9.17, 15) is 23.6 Å². The van der Waals surface area contributed by atoms with Crippen LogP contribution in [0.3, 0.4) is 0 Å². The minimum Gasteiger partial charge on any atom is -0.496 e. The molecule has 220 valence electrons. The van der Waals surface area contributed by atoms with Crippen molar-refractivity contribution in [3.8, 4) is 11.8 Å². The number of esters is 1. The number of carbonyl (C=O) groups is 2. The molecule has 3 heterocycles. The minimum atomic E-state index is -0.660. The number of thiophene rings is 1. The van der Waals surface area contributed by atoms with Gasteiger partial charge in [0.15, 0.2) is 0 Å². The molecule has 1 aliphatic rings. The quantitative estimate of drug-likeness (QED) is 0.376. The van der Waals surface area contributed by atoms with Crippen LogP contribution in [0, 0.1) is 24.1 Å². The molecule has 1 aromatic carbocycles. The number of hydrogen-bond donors (Lipinski definition) is 1. The number of aliphatic hydroxyl groups excluding tert-OH is 1. The maximum atomic E-state index is 13.9. The fraction of sp³-hybridized carbons (Fsp3) is 0.464. The topological polar surface area (TPSA) is 144 Å². The van der Waals surface area contributed by atoms with Crippen LogP contribution >= 0.6 is 11.3 Å². The molecule has 2 aromatic heterocycles. The first kappa shape index (κ1) is 31.5. The van der Waals surface area contributed by atoms with Gasteiger partial charge in [-0.05, 0) is 62.4 Å². The summed E-state index contributed by atoms with van der Waals surface area (Å²) in [7, 11) is 1.47. The van der Waals surface area contributed by atoms with Gasteiger partial charge in [-0.1, -0.05) is 0 Å². The first-order chi connectivity index (χ1) is 19.7. The molecule has 0 saturated carbocycles. The lowest BCUT2D eigenvalue weighted by molar-refractivity contribution is -0.130. The van der Waals surface area contributed by atoms with E-state index >= 15 is 0 Å². The first-order valence-corrected chi connectivity index (χ1v) is 14.0. The van der Waals surface area contributed by atoms with E-state index in [1.165, 1.54) is 29.9 Å². The summed E-state index contributed by atoms with van der Waals surface area (Å²) in [6.07, 6.45) is 2.23. The maximum absolute atomic E-state index is 13.9. The number of aromatic nitrogens is 2. The lowest BCUT2D eigenvalue weighted by Gasteiger charge is -2.17. The highest BCUT2D eigenvalue weighted by molar-refractivity contribution is 7.20. The molecular weight excluding hydrogens is 555 g/mol. The molecule has 4 rings (SSSR count). The molecule has 0 aliphatic carbocycles. The van der Waals surface area contributed by atoms with Crippen molar-refractivity contribution in [2.45, 2.75) is 52.6 Å². The lowest BCUT2D eigenvalue weighted by atomic mass is 10.1. The molecule has 13 heteroatoms. The molecule has 0 radical (unpaired) electrons. The van der Waals surface area contributed by atoms with Crippen LogP contribution in [0.4, 0.5) is 4.39 Å². The number of aryl methyl sites for hydroxylation is 3. The average molecular weight is 589 g/mol. The van der Waals surface area contributed by atoms with Gasteiger partial charge in [-0.25, -0.2) is 14.0 Å². The van der Waals surface area contributed by atoms with Crippen LogP contribution in [-0.4, -0.2) is 64.4 Å². The Morgan fingerprint density at radius 1 is 1.20 bits per heavy atom. The summed E-state index contributed by atoms with van der Waals surface area (Å²) in [6, 6.07) is 5.89. The summed E-state index contributed by atoms with van der Waals surface area (Å²) in [5.74, 6) is -0.863. The molecule has 1 amide bonds. The molecule has 0 atom stereocenters. The molecule has 0 bridgehead atoms. The number of rotatable bonds is 9. The van der Waals surface area contributed by atoms with Gasteiger partial charge in [-0.3, -0.25) is 18.7 Å². The third-order valence-electron chi connectivity index (χ3n) is 6.58. The summed E-state index contributed by atoms with van der Waals surface area (Å²) in [5.41, 5.74) is -0.334. The van der Waals surface area contributed by atoms with Gasteiger partial charge in [0.05, 0.1) is 38.2 Å². The van der Waals surface area contributed by atoms with Crippen LogP contribution in [0.1, 0.15) is 47.0 Å². The number of carbonyl (C=O) groups excluding carboxylic acids is 2. The van der Waals surface area contributed by atoms with Crippen molar-refractivity contribution in [3.63, 3.8) is 0 Å². The number of nitriles is 1. The van der Waals surface area contributed by atoms with E-state index in [1.807, 2.05) is 0 Å². The molecular formula is C28H33FN4O7S. The Morgan fingerprint density at radius 2 is 1.90 bits per heavy atom. The highest BCUT2D eigenvalue weighted by Crippen LogP contribution is 2.29. The molecule has 1 N–H and O–H groups in total. The van der Waals surface area contributed by atoms with Crippen LogP contribution in [-0.2, 0) is 29.0 Å². The highest BCUT2D eigenvalue weighted by atomic mass is 32.1. The van der Waals surface area contributed by atoms with Gasteiger partial charge in [0.2, 0.25) is 5.91 Å². The Hall–Kier alpha value is -4.02. The van der Waals surface area contributed by atoms with E-state index in [0.717, 1.165) is 28.7 Å². The number of aliphatic hydroxyl groups is 1. The van der Waals surface area contributed by atoms with Crippen LogP contribution in [0.5, 0.6) is 5.75 Å². The van der Waals surface area contributed by atoms with E-state index in [4.69, 9.17) is 19.8 Å². The lowest BCUT2D eigenvalue weighted by Crippen LogP contribution is -2.44. The Morgan fingerprint density at radius 3 is 2.49 bits per heavy atom. The predicted octanol–water partition coefficient (Wildman–Crippen LogP) is 2.62. The summed E-state index contributed by atoms with van der Waals surface area (Å²) >= 11 is 1.00. The number of methoxy groups -OCH3 is 1. The van der Waals surface area contributed by atoms with Crippen LogP contribution in [0.15, 0.2) is 27.8 Å². The minimum absolute atomic E-state index is 0.0174. The van der Waals surface area contributed by atoms with Crippen molar-refractivity contribution in [2.75, 3.05) is 33.4 Å². The summed E-state index contributed by atoms with van der Waals surface area (Å²) < 4.78 is 26.7. The molecule has 0 spiro atoms. The van der Waals surface area contributed by atoms with E-state index in [1.54, 1.807) is 24.8 Å². The number of nitrogens with zero attached hydrogens (tertiary/aromatic N) is 4. The third-order valence-corrected chi connectivity index (χ3v) is 7.87. The van der Waals surface area contributed by atoms with Gasteiger partial charge in [0.1, 0.15) is 27.8 Å². The van der Waals surface area contributed by atoms with Crippen LogP contribution in [0.2, 0.25) is 0 Å². The van der Waals surface area contributed by atoms with Crippen LogP contribution in [0.25, 0.3) is 10.2 Å². The average Bonchev–Trinajstić information content (AvgIpc) is 3.61. The number of ether oxygens (including phenoxy) is 2. The van der Waals surface area contributed by atoms with Crippen molar-refractivity contribution in [1.29, 1.82) is 5.26 Å². The maximum Gasteiger partial charge on any atom is 0.348 e. The Balaban J connectivity index is 0.000000850. The number of halogens is 1. The van der Waals surface area contributed by atoms with E-state index in [0.29, 0.717) is 34.8 Å². The van der Waals surface area contributed by atoms with Crippen molar-refractivity contribution in [2.24, 2.45) is 0 Å². The normalized spacial score (nSPS) is 12.5. The second-order valence-electron chi connectivity index (χ2n) is 9.21. The fourth-order valence-electron chi connectivity index (χ4n) is 4.55. The molecule has 11 nitrogen and oxygen atoms in total. The second-order valence-corrected chi connectivity index (χ2v) is 10.2. The monoisotopic (exact) mass is 588 g/mol. The van der Waals surface area contributed by atoms with Gasteiger partial charge in [0, 0.05) is 19.6 Å². The molecule has 41 heavy (non-hydrogen) atoms. The van der Waals surface area contributed by atoms with Crippen molar-refractivity contribution < 1.29 is 28.6 Å². The zero-order valence-corrected chi connectivity index (χ0v) is 24.1. The van der Waals surface area contributed by atoms with Crippen LogP contribution < -0.4 is 16.0 Å². The number of likely N-dealkylation sites (tertiary alicyclic amines) is 1. The van der Waals surface area contributed by atoms with E-state index in [-0.39, 0.29) is 55.3 Å². The van der Waals surface area contributed by atoms with E-state index in [2.05, 4.69) is 0 Å². The molecule has 1 saturated heterocycles. The zero-order chi connectivity index (χ0) is 30.1. The molecule has 1 fully saturated rings. The largest absolute Gasteiger partial charge is 0.496 e. The highest BCUT2D eigenvalue weighted by Gasteiger charge is 2.26. The van der Waals surface area contributed by atoms with Crippen molar-refractivity contribution in [3.05, 3.63) is 60.9 Å². The number of fused-ring (bicyclic) bond motifs is 1. The predicted molar refractivity (Wildman–Crippen MR) is 151 cm³/mol. The first-order valence-electron chi connectivity index (χ1n) is 13.2. The molecule has 1 aliphatic heterocycles. The summed E-state index contributed by atoms with van der Waals surface area (Å²) in [4.78, 5) is 54.6. The van der Waals surface area contributed by atoms with Gasteiger partial charge < -0.3 is 19.5 Å². The Kier molecular flexibility index (Phi) is 11.2. The zero-order valence-electron chi connectivity index (χ0n) is 23.3. The molecule has 0 unspecified atom stereocenters. The third kappa shape index (κ3) is 7.20. The number of amides is 1. The Bertz CT molecular complexity index is 1560. The second kappa shape index (κ2) is 14.6. The number of hydrogen-bond acceptors (Lipinski definition) is 9. The standard InChI is InChI=1S/C25H28FN3O6S.C3H5NO/c1-4-35-24(32)21-15(2)20-22(31)29(14-19(30)27-10-5-6-11-27)25(33)28(23(20)36-21)12-9-16-13-17(26)7-8-18(16)34-3;4-2-1-3-5/h7-8,13H,4-6,9-12,14H2,1-3H3;5H,1,3H2. The van der Waals surface area contributed by atoms with Crippen molar-refractivity contribution >= 4 is 33.4 Å². The van der Waals surface area contributed by atoms with Gasteiger partial charge >= 0.3 is 11.7 Å². The number of benzene rings is 1. The smallest absolute Gasteiger partial charge is 0.348 e. The summed E-state index contributed by atoms with van der Waals surface area (Å²) in [5, 5.41) is 15.7.